The van der Waals surface area contributed by atoms with Gasteiger partial charge < -0.3 is 11.1 Å². The number of anilines is 1. The van der Waals surface area contributed by atoms with Gasteiger partial charge in [-0.25, -0.2) is 9.97 Å². The molecular formula is C9H12N4O. The van der Waals surface area contributed by atoms with Crippen molar-refractivity contribution in [1.29, 1.82) is 0 Å². The number of rotatable bonds is 2. The van der Waals surface area contributed by atoms with E-state index in [2.05, 4.69) is 15.3 Å². The monoisotopic (exact) mass is 192 g/mol. The second-order valence-corrected chi connectivity index (χ2v) is 3.54. The fraction of sp³-hybridized carbons (Fsp3) is 0.444. The van der Waals surface area contributed by atoms with Crippen LogP contribution in [-0.2, 0) is 4.79 Å². The van der Waals surface area contributed by atoms with E-state index < -0.39 is 0 Å². The van der Waals surface area contributed by atoms with Gasteiger partial charge in [0, 0.05) is 12.0 Å². The SMILES string of the molecule is NC1CC(C(=O)Nc2cncnc2)C1. The number of carbonyl (C=O) groups is 1. The van der Waals surface area contributed by atoms with E-state index in [1.54, 1.807) is 12.4 Å². The third-order valence-electron chi connectivity index (χ3n) is 2.37. The van der Waals surface area contributed by atoms with Crippen LogP contribution >= 0.6 is 0 Å². The summed E-state index contributed by atoms with van der Waals surface area (Å²) in [6.45, 7) is 0. The number of nitrogens with two attached hydrogens (primary N) is 1. The molecule has 1 aromatic rings. The Balaban J connectivity index is 1.89. The van der Waals surface area contributed by atoms with Crippen molar-refractivity contribution in [3.63, 3.8) is 0 Å². The molecule has 1 aliphatic carbocycles. The summed E-state index contributed by atoms with van der Waals surface area (Å²) in [5, 5.41) is 2.74. The topological polar surface area (TPSA) is 80.9 Å². The van der Waals surface area contributed by atoms with E-state index in [-0.39, 0.29) is 17.9 Å². The minimum atomic E-state index is 0.0153. The number of nitrogens with one attached hydrogen (secondary N) is 1. The average Bonchev–Trinajstić information content (AvgIpc) is 2.14. The molecule has 1 heterocycles. The molecule has 0 bridgehead atoms. The van der Waals surface area contributed by atoms with Gasteiger partial charge in [-0.1, -0.05) is 0 Å². The zero-order chi connectivity index (χ0) is 9.97. The fourth-order valence-electron chi connectivity index (χ4n) is 1.48. The first kappa shape index (κ1) is 9.08. The highest BCUT2D eigenvalue weighted by atomic mass is 16.1. The van der Waals surface area contributed by atoms with Crippen molar-refractivity contribution in [3.05, 3.63) is 18.7 Å². The van der Waals surface area contributed by atoms with Gasteiger partial charge in [0.05, 0.1) is 18.1 Å². The molecule has 0 aromatic carbocycles. The van der Waals surface area contributed by atoms with Crippen molar-refractivity contribution >= 4 is 11.6 Å². The van der Waals surface area contributed by atoms with Crippen molar-refractivity contribution in [3.8, 4) is 0 Å². The molecule has 2 rings (SSSR count). The average molecular weight is 192 g/mol. The summed E-state index contributed by atoms with van der Waals surface area (Å²) in [6, 6.07) is 0.192. The number of aromatic nitrogens is 2. The Kier molecular flexibility index (Phi) is 2.41. The Morgan fingerprint density at radius 1 is 1.43 bits per heavy atom. The van der Waals surface area contributed by atoms with Gasteiger partial charge >= 0.3 is 0 Å². The Bertz CT molecular complexity index is 321. The lowest BCUT2D eigenvalue weighted by Gasteiger charge is -2.30. The number of carbonyl (C=O) groups excluding carboxylic acids is 1. The highest BCUT2D eigenvalue weighted by Gasteiger charge is 2.31. The molecule has 1 aliphatic rings. The third kappa shape index (κ3) is 1.88. The van der Waals surface area contributed by atoms with Gasteiger partial charge in [-0.2, -0.15) is 0 Å². The van der Waals surface area contributed by atoms with E-state index >= 15 is 0 Å². The lowest BCUT2D eigenvalue weighted by atomic mass is 9.80. The Hall–Kier alpha value is -1.49. The smallest absolute Gasteiger partial charge is 0.227 e. The van der Waals surface area contributed by atoms with E-state index in [9.17, 15) is 4.79 Å². The molecule has 0 atom stereocenters. The molecule has 0 saturated heterocycles. The van der Waals surface area contributed by atoms with Crippen molar-refractivity contribution in [1.82, 2.24) is 9.97 Å². The summed E-state index contributed by atoms with van der Waals surface area (Å²) in [4.78, 5) is 19.1. The maximum Gasteiger partial charge on any atom is 0.227 e. The largest absolute Gasteiger partial charge is 0.328 e. The molecule has 5 heteroatoms. The van der Waals surface area contributed by atoms with Crippen molar-refractivity contribution < 1.29 is 4.79 Å². The van der Waals surface area contributed by atoms with E-state index in [1.165, 1.54) is 6.33 Å². The lowest BCUT2D eigenvalue weighted by Crippen LogP contribution is -2.42. The maximum atomic E-state index is 11.5. The summed E-state index contributed by atoms with van der Waals surface area (Å²) < 4.78 is 0. The number of hydrogen-bond donors (Lipinski definition) is 2. The molecule has 0 aliphatic heterocycles. The predicted molar refractivity (Wildman–Crippen MR) is 51.4 cm³/mol. The first-order valence-corrected chi connectivity index (χ1v) is 4.57. The quantitative estimate of drug-likeness (QED) is 0.699. The Morgan fingerprint density at radius 3 is 2.64 bits per heavy atom. The molecular weight excluding hydrogens is 180 g/mol. The summed E-state index contributed by atoms with van der Waals surface area (Å²) in [5.74, 6) is 0.0757. The second kappa shape index (κ2) is 3.71. The van der Waals surface area contributed by atoms with Crippen molar-refractivity contribution in [2.24, 2.45) is 11.7 Å². The number of hydrogen-bond acceptors (Lipinski definition) is 4. The van der Waals surface area contributed by atoms with E-state index in [1.807, 2.05) is 0 Å². The normalized spacial score (nSPS) is 25.2. The van der Waals surface area contributed by atoms with E-state index in [0.717, 1.165) is 12.8 Å². The zero-order valence-electron chi connectivity index (χ0n) is 7.68. The van der Waals surface area contributed by atoms with Crippen LogP contribution in [0.1, 0.15) is 12.8 Å². The molecule has 1 aromatic heterocycles. The van der Waals surface area contributed by atoms with Crippen LogP contribution in [0.5, 0.6) is 0 Å². The van der Waals surface area contributed by atoms with Crippen LogP contribution in [-0.4, -0.2) is 21.9 Å². The number of nitrogens with zero attached hydrogens (tertiary/aromatic N) is 2. The van der Waals surface area contributed by atoms with Crippen LogP contribution in [0.25, 0.3) is 0 Å². The van der Waals surface area contributed by atoms with Crippen LogP contribution in [0.15, 0.2) is 18.7 Å². The van der Waals surface area contributed by atoms with Crippen molar-refractivity contribution in [2.45, 2.75) is 18.9 Å². The van der Waals surface area contributed by atoms with Crippen LogP contribution in [0.4, 0.5) is 5.69 Å². The van der Waals surface area contributed by atoms with Crippen LogP contribution in [0.2, 0.25) is 0 Å². The summed E-state index contributed by atoms with van der Waals surface area (Å²) >= 11 is 0. The molecule has 3 N–H and O–H groups in total. The lowest BCUT2D eigenvalue weighted by molar-refractivity contribution is -0.122. The Morgan fingerprint density at radius 2 is 2.07 bits per heavy atom. The molecule has 14 heavy (non-hydrogen) atoms. The zero-order valence-corrected chi connectivity index (χ0v) is 7.68. The van der Waals surface area contributed by atoms with Gasteiger partial charge in [-0.05, 0) is 12.8 Å². The number of amides is 1. The van der Waals surface area contributed by atoms with Crippen LogP contribution in [0.3, 0.4) is 0 Å². The molecule has 1 saturated carbocycles. The van der Waals surface area contributed by atoms with E-state index in [4.69, 9.17) is 5.73 Å². The molecule has 0 spiro atoms. The van der Waals surface area contributed by atoms with Gasteiger partial charge in [0.2, 0.25) is 5.91 Å². The molecule has 5 nitrogen and oxygen atoms in total. The van der Waals surface area contributed by atoms with Gasteiger partial charge in [0.15, 0.2) is 0 Å². The minimum absolute atomic E-state index is 0.0153. The highest BCUT2D eigenvalue weighted by molar-refractivity contribution is 5.92. The van der Waals surface area contributed by atoms with Gasteiger partial charge in [0.25, 0.3) is 0 Å². The van der Waals surface area contributed by atoms with Gasteiger partial charge in [-0.15, -0.1) is 0 Å². The standard InChI is InChI=1S/C9H12N4O/c10-7-1-6(2-7)9(14)13-8-3-11-5-12-4-8/h3-7H,1-2,10H2,(H,13,14). The van der Waals surface area contributed by atoms with Gasteiger partial charge in [0.1, 0.15) is 6.33 Å². The molecule has 0 unspecified atom stereocenters. The molecule has 1 fully saturated rings. The molecule has 74 valence electrons. The Labute approximate surface area is 81.7 Å². The maximum absolute atomic E-state index is 11.5. The summed E-state index contributed by atoms with van der Waals surface area (Å²) in [7, 11) is 0. The molecule has 0 radical (unpaired) electrons. The fourth-order valence-corrected chi connectivity index (χ4v) is 1.48. The minimum Gasteiger partial charge on any atom is -0.328 e. The molecule has 1 amide bonds. The van der Waals surface area contributed by atoms with Crippen LogP contribution in [0, 0.1) is 5.92 Å². The third-order valence-corrected chi connectivity index (χ3v) is 2.37. The first-order valence-electron chi connectivity index (χ1n) is 4.57. The highest BCUT2D eigenvalue weighted by Crippen LogP contribution is 2.26. The summed E-state index contributed by atoms with van der Waals surface area (Å²) in [5.41, 5.74) is 6.23. The second-order valence-electron chi connectivity index (χ2n) is 3.54. The van der Waals surface area contributed by atoms with Crippen LogP contribution < -0.4 is 11.1 Å². The predicted octanol–water partition coefficient (Wildman–Crippen LogP) is 0.152. The summed E-state index contributed by atoms with van der Waals surface area (Å²) in [6.07, 6.45) is 6.13. The van der Waals surface area contributed by atoms with Gasteiger partial charge in [-0.3, -0.25) is 4.79 Å². The van der Waals surface area contributed by atoms with E-state index in [0.29, 0.717) is 5.69 Å². The van der Waals surface area contributed by atoms with Crippen molar-refractivity contribution in [2.75, 3.05) is 5.32 Å². The first-order chi connectivity index (χ1) is 6.75.